The van der Waals surface area contributed by atoms with Crippen LogP contribution in [-0.4, -0.2) is 11.9 Å². The molecule has 1 aromatic carbocycles. The van der Waals surface area contributed by atoms with Crippen molar-refractivity contribution in [1.29, 1.82) is 5.26 Å². The molecule has 1 saturated carbocycles. The predicted octanol–water partition coefficient (Wildman–Crippen LogP) is 2.15. The number of nitrogens with one attached hydrogen (secondary N) is 1. The van der Waals surface area contributed by atoms with Crippen LogP contribution in [0.5, 0.6) is 0 Å². The van der Waals surface area contributed by atoms with E-state index >= 15 is 0 Å². The van der Waals surface area contributed by atoms with Crippen LogP contribution in [0.2, 0.25) is 0 Å². The Kier molecular flexibility index (Phi) is 3.38. The Morgan fingerprint density at radius 1 is 1.39 bits per heavy atom. The second kappa shape index (κ2) is 4.96. The molecular formula is C13H10F2N2O. The lowest BCUT2D eigenvalue weighted by molar-refractivity contribution is -0.117. The summed E-state index contributed by atoms with van der Waals surface area (Å²) in [5.41, 5.74) is 0.157. The number of halogens is 2. The van der Waals surface area contributed by atoms with Gasteiger partial charge in [-0.1, -0.05) is 6.07 Å². The first kappa shape index (κ1) is 12.2. The molecule has 18 heavy (non-hydrogen) atoms. The normalized spacial score (nSPS) is 15.1. The van der Waals surface area contributed by atoms with E-state index < -0.39 is 17.5 Å². The molecule has 5 heteroatoms. The van der Waals surface area contributed by atoms with Crippen LogP contribution in [0.1, 0.15) is 18.4 Å². The third kappa shape index (κ3) is 2.92. The first-order chi connectivity index (χ1) is 8.60. The molecule has 0 aliphatic heterocycles. The number of hydrogen-bond acceptors (Lipinski definition) is 2. The lowest BCUT2D eigenvalue weighted by Gasteiger charge is -2.01. The van der Waals surface area contributed by atoms with E-state index in [1.54, 1.807) is 6.07 Å². The van der Waals surface area contributed by atoms with Gasteiger partial charge in [0.1, 0.15) is 11.6 Å². The van der Waals surface area contributed by atoms with Gasteiger partial charge < -0.3 is 5.32 Å². The Labute approximate surface area is 103 Å². The van der Waals surface area contributed by atoms with E-state index in [4.69, 9.17) is 5.26 Å². The van der Waals surface area contributed by atoms with Crippen molar-refractivity contribution in [3.05, 3.63) is 41.0 Å². The van der Waals surface area contributed by atoms with Crippen molar-refractivity contribution in [2.24, 2.45) is 0 Å². The van der Waals surface area contributed by atoms with Crippen LogP contribution >= 0.6 is 0 Å². The summed E-state index contributed by atoms with van der Waals surface area (Å²) in [5.74, 6) is -2.46. The summed E-state index contributed by atoms with van der Waals surface area (Å²) in [6.45, 7) is 0. The molecule has 1 amide bonds. The van der Waals surface area contributed by atoms with Gasteiger partial charge in [-0.25, -0.2) is 8.78 Å². The summed E-state index contributed by atoms with van der Waals surface area (Å²) < 4.78 is 25.7. The maximum Gasteiger partial charge on any atom is 0.262 e. The fourth-order valence-corrected chi connectivity index (χ4v) is 1.41. The molecule has 0 unspecified atom stereocenters. The Bertz CT molecular complexity index is 557. The molecule has 1 aliphatic carbocycles. The first-order valence-corrected chi connectivity index (χ1v) is 5.48. The number of nitriles is 1. The number of nitrogens with zero attached hydrogens (tertiary/aromatic N) is 1. The fraction of sp³-hybridized carbons (Fsp3) is 0.231. The van der Waals surface area contributed by atoms with Crippen LogP contribution in [0.25, 0.3) is 6.08 Å². The zero-order valence-electron chi connectivity index (χ0n) is 9.41. The molecule has 0 bridgehead atoms. The van der Waals surface area contributed by atoms with Gasteiger partial charge in [0, 0.05) is 6.04 Å². The highest BCUT2D eigenvalue weighted by Gasteiger charge is 2.24. The molecule has 1 fully saturated rings. The van der Waals surface area contributed by atoms with Crippen molar-refractivity contribution >= 4 is 12.0 Å². The highest BCUT2D eigenvalue weighted by atomic mass is 19.2. The number of benzene rings is 1. The van der Waals surface area contributed by atoms with Crippen LogP contribution in [0.3, 0.4) is 0 Å². The topological polar surface area (TPSA) is 52.9 Å². The number of carbonyl (C=O) groups is 1. The fourth-order valence-electron chi connectivity index (χ4n) is 1.41. The second-order valence-electron chi connectivity index (χ2n) is 4.09. The lowest BCUT2D eigenvalue weighted by atomic mass is 10.1. The molecule has 0 aromatic heterocycles. The maximum atomic E-state index is 13.0. The molecular weight excluding hydrogens is 238 g/mol. The van der Waals surface area contributed by atoms with Crippen molar-refractivity contribution in [2.45, 2.75) is 18.9 Å². The summed E-state index contributed by atoms with van der Waals surface area (Å²) in [6.07, 6.45) is 3.06. The van der Waals surface area contributed by atoms with E-state index in [9.17, 15) is 13.6 Å². The van der Waals surface area contributed by atoms with E-state index in [0.717, 1.165) is 25.0 Å². The van der Waals surface area contributed by atoms with Crippen LogP contribution < -0.4 is 5.32 Å². The predicted molar refractivity (Wildman–Crippen MR) is 61.1 cm³/mol. The molecule has 0 spiro atoms. The van der Waals surface area contributed by atoms with Crippen molar-refractivity contribution in [2.75, 3.05) is 0 Å². The van der Waals surface area contributed by atoms with E-state index in [1.807, 2.05) is 0 Å². The van der Waals surface area contributed by atoms with Crippen molar-refractivity contribution < 1.29 is 13.6 Å². The van der Waals surface area contributed by atoms with Crippen molar-refractivity contribution in [3.63, 3.8) is 0 Å². The molecule has 0 saturated heterocycles. The van der Waals surface area contributed by atoms with E-state index in [-0.39, 0.29) is 17.2 Å². The van der Waals surface area contributed by atoms with Gasteiger partial charge in [0.2, 0.25) is 0 Å². The largest absolute Gasteiger partial charge is 0.349 e. The summed E-state index contributed by atoms with van der Waals surface area (Å²) >= 11 is 0. The van der Waals surface area contributed by atoms with Gasteiger partial charge in [-0.2, -0.15) is 5.26 Å². The summed E-state index contributed by atoms with van der Waals surface area (Å²) in [6, 6.07) is 5.09. The smallest absolute Gasteiger partial charge is 0.262 e. The second-order valence-corrected chi connectivity index (χ2v) is 4.09. The van der Waals surface area contributed by atoms with Gasteiger partial charge in [0.15, 0.2) is 11.6 Å². The Morgan fingerprint density at radius 2 is 2.11 bits per heavy atom. The monoisotopic (exact) mass is 248 g/mol. The third-order valence-corrected chi connectivity index (χ3v) is 2.53. The van der Waals surface area contributed by atoms with E-state index in [0.29, 0.717) is 0 Å². The minimum absolute atomic E-state index is 0.118. The highest BCUT2D eigenvalue weighted by Crippen LogP contribution is 2.19. The minimum Gasteiger partial charge on any atom is -0.349 e. The number of carbonyl (C=O) groups excluding carboxylic acids is 1. The molecule has 0 radical (unpaired) electrons. The summed E-state index contributed by atoms with van der Waals surface area (Å²) in [5, 5.41) is 11.5. The standard InChI is InChI=1S/C13H10F2N2O/c14-11-4-1-8(6-12(11)15)5-9(7-16)13(18)17-10-2-3-10/h1,4-6,10H,2-3H2,(H,17,18). The first-order valence-electron chi connectivity index (χ1n) is 5.48. The lowest BCUT2D eigenvalue weighted by Crippen LogP contribution is -2.26. The SMILES string of the molecule is N#CC(=Cc1ccc(F)c(F)c1)C(=O)NC1CC1. The van der Waals surface area contributed by atoms with Crippen LogP contribution in [0.15, 0.2) is 23.8 Å². The summed E-state index contributed by atoms with van der Waals surface area (Å²) in [4.78, 5) is 11.6. The van der Waals surface area contributed by atoms with Gasteiger partial charge in [-0.3, -0.25) is 4.79 Å². The average Bonchev–Trinajstić information content (AvgIpc) is 3.14. The molecule has 0 atom stereocenters. The number of hydrogen-bond donors (Lipinski definition) is 1. The van der Waals surface area contributed by atoms with Gasteiger partial charge in [-0.05, 0) is 36.6 Å². The van der Waals surface area contributed by atoms with Crippen molar-refractivity contribution in [3.8, 4) is 6.07 Å². The number of rotatable bonds is 3. The van der Waals surface area contributed by atoms with Crippen molar-refractivity contribution in [1.82, 2.24) is 5.32 Å². The molecule has 1 aliphatic rings. The zero-order valence-corrected chi connectivity index (χ0v) is 9.41. The van der Waals surface area contributed by atoms with Crippen LogP contribution in [-0.2, 0) is 4.79 Å². The Morgan fingerprint density at radius 3 is 2.67 bits per heavy atom. The molecule has 1 N–H and O–H groups in total. The maximum absolute atomic E-state index is 13.0. The van der Waals surface area contributed by atoms with Crippen LogP contribution in [0.4, 0.5) is 8.78 Å². The molecule has 92 valence electrons. The summed E-state index contributed by atoms with van der Waals surface area (Å²) in [7, 11) is 0. The van der Waals surface area contributed by atoms with Gasteiger partial charge in [0.05, 0.1) is 0 Å². The van der Waals surface area contributed by atoms with Gasteiger partial charge >= 0.3 is 0 Å². The van der Waals surface area contributed by atoms with Crippen LogP contribution in [0, 0.1) is 23.0 Å². The molecule has 1 aromatic rings. The Balaban J connectivity index is 2.19. The zero-order chi connectivity index (χ0) is 13.1. The highest BCUT2D eigenvalue weighted by molar-refractivity contribution is 6.01. The van der Waals surface area contributed by atoms with E-state index in [2.05, 4.69) is 5.32 Å². The Hall–Kier alpha value is -2.22. The quantitative estimate of drug-likeness (QED) is 0.658. The average molecular weight is 248 g/mol. The molecule has 3 nitrogen and oxygen atoms in total. The van der Waals surface area contributed by atoms with Gasteiger partial charge in [0.25, 0.3) is 5.91 Å². The van der Waals surface area contributed by atoms with E-state index in [1.165, 1.54) is 12.1 Å². The number of amides is 1. The molecule has 0 heterocycles. The minimum atomic E-state index is -1.01. The van der Waals surface area contributed by atoms with Gasteiger partial charge in [-0.15, -0.1) is 0 Å². The molecule has 2 rings (SSSR count). The third-order valence-electron chi connectivity index (χ3n) is 2.53.